The van der Waals surface area contributed by atoms with Gasteiger partial charge in [0.2, 0.25) is 5.91 Å². The fourth-order valence-electron chi connectivity index (χ4n) is 3.42. The molecule has 0 spiro atoms. The van der Waals surface area contributed by atoms with Gasteiger partial charge in [0.15, 0.2) is 0 Å². The Kier molecular flexibility index (Phi) is 4.92. The van der Waals surface area contributed by atoms with E-state index in [1.54, 1.807) is 21.3 Å². The van der Waals surface area contributed by atoms with Crippen molar-refractivity contribution >= 4 is 17.5 Å². The fourth-order valence-corrected chi connectivity index (χ4v) is 3.42. The Morgan fingerprint density at radius 3 is 2.72 bits per heavy atom. The highest BCUT2D eigenvalue weighted by Crippen LogP contribution is 2.39. The summed E-state index contributed by atoms with van der Waals surface area (Å²) in [5.41, 5.74) is 1.41. The molecule has 1 atom stereocenters. The summed E-state index contributed by atoms with van der Waals surface area (Å²) in [7, 11) is 4.81. The minimum absolute atomic E-state index is 0.0565. The number of hydrazone groups is 1. The zero-order chi connectivity index (χ0) is 18.0. The number of carbonyl (C=O) groups is 2. The molecule has 1 unspecified atom stereocenters. The van der Waals surface area contributed by atoms with Gasteiger partial charge < -0.3 is 14.4 Å². The topological polar surface area (TPSA) is 71.4 Å². The number of amides is 2. The third-order valence-corrected chi connectivity index (χ3v) is 4.77. The van der Waals surface area contributed by atoms with Gasteiger partial charge in [0, 0.05) is 38.1 Å². The van der Waals surface area contributed by atoms with Crippen molar-refractivity contribution in [2.45, 2.75) is 31.7 Å². The Bertz CT molecular complexity index is 716. The molecule has 134 valence electrons. The summed E-state index contributed by atoms with van der Waals surface area (Å²) in [6.45, 7) is 0.676. The Morgan fingerprint density at radius 2 is 2.04 bits per heavy atom. The van der Waals surface area contributed by atoms with Crippen molar-refractivity contribution in [3.63, 3.8) is 0 Å². The van der Waals surface area contributed by atoms with Crippen molar-refractivity contribution in [1.29, 1.82) is 0 Å². The molecule has 0 aliphatic carbocycles. The molecule has 3 rings (SSSR count). The Hall–Kier alpha value is -2.57. The molecule has 1 aromatic carbocycles. The first-order valence-electron chi connectivity index (χ1n) is 8.42. The van der Waals surface area contributed by atoms with Crippen LogP contribution in [-0.2, 0) is 9.59 Å². The van der Waals surface area contributed by atoms with Crippen molar-refractivity contribution in [2.24, 2.45) is 5.10 Å². The van der Waals surface area contributed by atoms with E-state index in [-0.39, 0.29) is 17.9 Å². The Labute approximate surface area is 147 Å². The first kappa shape index (κ1) is 17.3. The van der Waals surface area contributed by atoms with E-state index >= 15 is 0 Å². The van der Waals surface area contributed by atoms with Gasteiger partial charge in [-0.2, -0.15) is 5.10 Å². The van der Waals surface area contributed by atoms with E-state index in [2.05, 4.69) is 5.10 Å². The predicted molar refractivity (Wildman–Crippen MR) is 92.7 cm³/mol. The average molecular weight is 345 g/mol. The molecule has 0 N–H and O–H groups in total. The molecule has 2 aliphatic heterocycles. The van der Waals surface area contributed by atoms with Crippen molar-refractivity contribution in [1.82, 2.24) is 9.91 Å². The highest BCUT2D eigenvalue weighted by molar-refractivity contribution is 6.39. The van der Waals surface area contributed by atoms with E-state index < -0.39 is 0 Å². The highest BCUT2D eigenvalue weighted by Gasteiger charge is 2.35. The Morgan fingerprint density at radius 1 is 1.24 bits per heavy atom. The number of rotatable bonds is 4. The number of ether oxygens (including phenoxy) is 2. The first-order valence-corrected chi connectivity index (χ1v) is 8.42. The second kappa shape index (κ2) is 7.13. The lowest BCUT2D eigenvalue weighted by Gasteiger charge is -2.28. The van der Waals surface area contributed by atoms with Crippen LogP contribution in [0.3, 0.4) is 0 Å². The van der Waals surface area contributed by atoms with Gasteiger partial charge in [0.25, 0.3) is 5.91 Å². The van der Waals surface area contributed by atoms with Crippen LogP contribution >= 0.6 is 0 Å². The van der Waals surface area contributed by atoms with E-state index in [0.29, 0.717) is 36.6 Å². The molecule has 2 heterocycles. The van der Waals surface area contributed by atoms with Crippen molar-refractivity contribution in [2.75, 3.05) is 27.8 Å². The number of methoxy groups -OCH3 is 2. The maximum atomic E-state index is 13.0. The van der Waals surface area contributed by atoms with Gasteiger partial charge in [0.05, 0.1) is 20.3 Å². The molecule has 2 amide bonds. The molecule has 1 aromatic rings. The van der Waals surface area contributed by atoms with Gasteiger partial charge in [-0.3, -0.25) is 9.59 Å². The molecule has 25 heavy (non-hydrogen) atoms. The monoisotopic (exact) mass is 345 g/mol. The maximum absolute atomic E-state index is 13.0. The van der Waals surface area contributed by atoms with E-state index in [1.165, 1.54) is 5.01 Å². The summed E-state index contributed by atoms with van der Waals surface area (Å²) < 4.78 is 10.8. The normalized spacial score (nSPS) is 20.5. The zero-order valence-electron chi connectivity index (χ0n) is 14.8. The van der Waals surface area contributed by atoms with Gasteiger partial charge in [0.1, 0.15) is 17.2 Å². The standard InChI is InChI=1S/C18H23N3O4/c1-20-17(22)9-8-14(19-20)18(23)21-10-4-5-15(21)13-7-6-12(24-2)11-16(13)25-3/h6-7,11,15H,4-5,8-10H2,1-3H3. The summed E-state index contributed by atoms with van der Waals surface area (Å²) in [5.74, 6) is 1.27. The van der Waals surface area contributed by atoms with Crippen molar-refractivity contribution in [3.05, 3.63) is 23.8 Å². The number of benzene rings is 1. The van der Waals surface area contributed by atoms with Crippen LogP contribution in [0.25, 0.3) is 0 Å². The van der Waals surface area contributed by atoms with Gasteiger partial charge >= 0.3 is 0 Å². The fraction of sp³-hybridized carbons (Fsp3) is 0.500. The van der Waals surface area contributed by atoms with E-state index in [4.69, 9.17) is 9.47 Å². The minimum atomic E-state index is -0.0975. The molecular formula is C18H23N3O4. The largest absolute Gasteiger partial charge is 0.497 e. The quantitative estimate of drug-likeness (QED) is 0.836. The minimum Gasteiger partial charge on any atom is -0.497 e. The van der Waals surface area contributed by atoms with E-state index in [0.717, 1.165) is 18.4 Å². The summed E-state index contributed by atoms with van der Waals surface area (Å²) in [6.07, 6.45) is 2.51. The molecule has 0 saturated carbocycles. The van der Waals surface area contributed by atoms with Crippen LogP contribution < -0.4 is 9.47 Å². The molecule has 0 radical (unpaired) electrons. The predicted octanol–water partition coefficient (Wildman–Crippen LogP) is 1.98. The summed E-state index contributed by atoms with van der Waals surface area (Å²) in [6, 6.07) is 5.61. The molecule has 1 fully saturated rings. The zero-order valence-corrected chi connectivity index (χ0v) is 14.8. The molecule has 1 saturated heterocycles. The lowest BCUT2D eigenvalue weighted by molar-refractivity contribution is -0.130. The van der Waals surface area contributed by atoms with Gasteiger partial charge in [-0.1, -0.05) is 0 Å². The number of carbonyl (C=O) groups excluding carboxylic acids is 2. The van der Waals surface area contributed by atoms with Gasteiger partial charge in [-0.05, 0) is 25.0 Å². The number of nitrogens with zero attached hydrogens (tertiary/aromatic N) is 3. The first-order chi connectivity index (χ1) is 12.0. The van der Waals surface area contributed by atoms with Crippen LogP contribution in [0, 0.1) is 0 Å². The van der Waals surface area contributed by atoms with Crippen LogP contribution in [0.2, 0.25) is 0 Å². The maximum Gasteiger partial charge on any atom is 0.270 e. The molecule has 7 heteroatoms. The smallest absolute Gasteiger partial charge is 0.270 e. The SMILES string of the molecule is COc1ccc(C2CCCN2C(=O)C2=NN(C)C(=O)CC2)c(OC)c1. The number of likely N-dealkylation sites (tertiary alicyclic amines) is 1. The van der Waals surface area contributed by atoms with E-state index in [1.807, 2.05) is 23.1 Å². The number of hydrogen-bond acceptors (Lipinski definition) is 5. The molecule has 0 bridgehead atoms. The highest BCUT2D eigenvalue weighted by atomic mass is 16.5. The van der Waals surface area contributed by atoms with Gasteiger partial charge in [-0.15, -0.1) is 0 Å². The average Bonchev–Trinajstić information content (AvgIpc) is 3.12. The van der Waals surface area contributed by atoms with Crippen molar-refractivity contribution in [3.8, 4) is 11.5 Å². The third-order valence-electron chi connectivity index (χ3n) is 4.77. The summed E-state index contributed by atoms with van der Waals surface area (Å²) in [5, 5.41) is 5.42. The Balaban J connectivity index is 1.87. The molecular weight excluding hydrogens is 322 g/mol. The molecule has 2 aliphatic rings. The summed E-state index contributed by atoms with van der Waals surface area (Å²) in [4.78, 5) is 26.4. The molecule has 7 nitrogen and oxygen atoms in total. The van der Waals surface area contributed by atoms with Crippen LogP contribution in [-0.4, -0.2) is 55.2 Å². The number of hydrogen-bond donors (Lipinski definition) is 0. The van der Waals surface area contributed by atoms with Crippen LogP contribution in [0.15, 0.2) is 23.3 Å². The third kappa shape index (κ3) is 3.31. The van der Waals surface area contributed by atoms with Crippen molar-refractivity contribution < 1.29 is 19.1 Å². The summed E-state index contributed by atoms with van der Waals surface area (Å²) >= 11 is 0. The van der Waals surface area contributed by atoms with Crippen LogP contribution in [0.1, 0.15) is 37.3 Å². The molecule has 0 aromatic heterocycles. The second-order valence-corrected chi connectivity index (χ2v) is 6.23. The lowest BCUT2D eigenvalue weighted by atomic mass is 10.0. The van der Waals surface area contributed by atoms with Crippen LogP contribution in [0.4, 0.5) is 0 Å². The van der Waals surface area contributed by atoms with Crippen LogP contribution in [0.5, 0.6) is 11.5 Å². The lowest BCUT2D eigenvalue weighted by Crippen LogP contribution is -2.40. The second-order valence-electron chi connectivity index (χ2n) is 6.23. The van der Waals surface area contributed by atoms with E-state index in [9.17, 15) is 9.59 Å². The van der Waals surface area contributed by atoms with Gasteiger partial charge in [-0.25, -0.2) is 5.01 Å².